The number of ether oxygens (including phenoxy) is 2. The average Bonchev–Trinajstić information content (AvgIpc) is 2.01. The first kappa shape index (κ1) is 18.6. The Balaban J connectivity index is 0. The predicted molar refractivity (Wildman–Crippen MR) is 51.2 cm³/mol. The summed E-state index contributed by atoms with van der Waals surface area (Å²) in [7, 11) is 0. The van der Waals surface area contributed by atoms with Gasteiger partial charge in [0.05, 0.1) is 5.67 Å². The zero-order valence-electron chi connectivity index (χ0n) is 10.1. The first-order chi connectivity index (χ1) is 6.67. The van der Waals surface area contributed by atoms with Crippen molar-refractivity contribution in [1.82, 2.24) is 0 Å². The third-order valence-electron chi connectivity index (χ3n) is 1.96. The Bertz CT molecular complexity index is 220. The fraction of sp³-hybridized carbons (Fsp3) is 0.700. The standard InChI is InChI=1S/C10H16F2O3.Y/c1-6(2)14-9(13)15-8(4)10(5,12)7(3)11;/h7H,1-5H3;/q-2;. The number of carbonyl (C=O) groups is 1. The summed E-state index contributed by atoms with van der Waals surface area (Å²) in [5, 5.41) is 0. The van der Waals surface area contributed by atoms with Gasteiger partial charge in [0.2, 0.25) is 0 Å². The van der Waals surface area contributed by atoms with Crippen LogP contribution in [0.2, 0.25) is 0 Å². The summed E-state index contributed by atoms with van der Waals surface area (Å²) >= 11 is 0. The van der Waals surface area contributed by atoms with Crippen LogP contribution in [0.4, 0.5) is 13.6 Å². The Kier molecular flexibility index (Phi) is 8.76. The number of halogens is 2. The summed E-state index contributed by atoms with van der Waals surface area (Å²) < 4.78 is 35.4. The van der Waals surface area contributed by atoms with E-state index in [1.54, 1.807) is 13.8 Å². The molecule has 0 fully saturated rings. The molecule has 1 radical (unpaired) electrons. The number of alkyl halides is 2. The molecule has 2 unspecified atom stereocenters. The Morgan fingerprint density at radius 3 is 2.06 bits per heavy atom. The minimum absolute atomic E-state index is 0. The van der Waals surface area contributed by atoms with E-state index in [0.717, 1.165) is 13.8 Å². The van der Waals surface area contributed by atoms with Crippen molar-refractivity contribution in [1.29, 1.82) is 0 Å². The summed E-state index contributed by atoms with van der Waals surface area (Å²) in [5.74, 6) is 0. The Morgan fingerprint density at radius 2 is 1.75 bits per heavy atom. The van der Waals surface area contributed by atoms with Gasteiger partial charge in [0, 0.05) is 32.7 Å². The Hall–Kier alpha value is 0.234. The largest absolute Gasteiger partial charge is 0.605 e. The van der Waals surface area contributed by atoms with E-state index in [9.17, 15) is 13.6 Å². The van der Waals surface area contributed by atoms with Gasteiger partial charge in [-0.2, -0.15) is 20.8 Å². The molecule has 0 amide bonds. The van der Waals surface area contributed by atoms with Gasteiger partial charge < -0.3 is 9.47 Å². The summed E-state index contributed by atoms with van der Waals surface area (Å²) in [4.78, 5) is 11.0. The number of hydrogen-bond donors (Lipinski definition) is 0. The minimum Gasteiger partial charge on any atom is -0.605 e. The maximum absolute atomic E-state index is 13.6. The third kappa shape index (κ3) is 6.09. The van der Waals surface area contributed by atoms with Crippen LogP contribution in [0.15, 0.2) is 0 Å². The van der Waals surface area contributed by atoms with Crippen LogP contribution in [0.25, 0.3) is 0 Å². The van der Waals surface area contributed by atoms with Gasteiger partial charge in [-0.3, -0.25) is 4.39 Å². The minimum atomic E-state index is -2.30. The van der Waals surface area contributed by atoms with Crippen molar-refractivity contribution in [3.8, 4) is 0 Å². The molecule has 0 aromatic carbocycles. The molecule has 0 saturated carbocycles. The van der Waals surface area contributed by atoms with Crippen LogP contribution in [0.5, 0.6) is 0 Å². The average molecular weight is 311 g/mol. The van der Waals surface area contributed by atoms with E-state index in [4.69, 9.17) is 0 Å². The molecular formula is C10H16F2O3Y-2. The predicted octanol–water partition coefficient (Wildman–Crippen LogP) is 3.35. The van der Waals surface area contributed by atoms with E-state index < -0.39 is 18.0 Å². The van der Waals surface area contributed by atoms with Gasteiger partial charge in [-0.15, -0.1) is 12.2 Å². The van der Waals surface area contributed by atoms with Crippen molar-refractivity contribution in [3.63, 3.8) is 0 Å². The quantitative estimate of drug-likeness (QED) is 0.590. The first-order valence-electron chi connectivity index (χ1n) is 4.54. The Labute approximate surface area is 120 Å². The molecule has 0 aliphatic rings. The van der Waals surface area contributed by atoms with E-state index in [-0.39, 0.29) is 38.8 Å². The van der Waals surface area contributed by atoms with Crippen molar-refractivity contribution in [2.75, 3.05) is 0 Å². The topological polar surface area (TPSA) is 35.5 Å². The van der Waals surface area contributed by atoms with Crippen LogP contribution in [0, 0.1) is 12.2 Å². The maximum Gasteiger partial charge on any atom is 0.444 e. The van der Waals surface area contributed by atoms with Gasteiger partial charge >= 0.3 is 6.16 Å². The number of carbonyl (C=O) groups excluding carboxylic acids is 1. The van der Waals surface area contributed by atoms with Crippen LogP contribution >= 0.6 is 0 Å². The van der Waals surface area contributed by atoms with Gasteiger partial charge in [-0.25, -0.2) is 9.18 Å². The van der Waals surface area contributed by atoms with E-state index in [0.29, 0.717) is 6.10 Å². The number of rotatable bonds is 4. The van der Waals surface area contributed by atoms with Crippen molar-refractivity contribution >= 4 is 6.16 Å². The fourth-order valence-corrected chi connectivity index (χ4v) is 0.692. The van der Waals surface area contributed by atoms with Gasteiger partial charge in [0.25, 0.3) is 0 Å². The monoisotopic (exact) mass is 311 g/mol. The SMILES string of the molecule is C[C-](C)OC(=O)O[C-](C)C(C)(F)C(C)F.[Y]. The second kappa shape index (κ2) is 7.54. The maximum atomic E-state index is 13.6. The molecule has 0 bridgehead atoms. The smallest absolute Gasteiger partial charge is 0.444 e. The summed E-state index contributed by atoms with van der Waals surface area (Å²) in [6.07, 6.45) is -2.82. The molecule has 0 aromatic heterocycles. The van der Waals surface area contributed by atoms with Crippen molar-refractivity contribution in [2.45, 2.75) is 46.5 Å². The molecule has 6 heteroatoms. The van der Waals surface area contributed by atoms with Crippen LogP contribution in [0.3, 0.4) is 0 Å². The van der Waals surface area contributed by atoms with E-state index in [1.807, 2.05) is 0 Å². The summed E-state index contributed by atoms with van der Waals surface area (Å²) in [5.41, 5.74) is -2.30. The first-order valence-corrected chi connectivity index (χ1v) is 4.54. The zero-order chi connectivity index (χ0) is 12.2. The second-order valence-electron chi connectivity index (χ2n) is 3.61. The molecule has 93 valence electrons. The Morgan fingerprint density at radius 1 is 1.31 bits per heavy atom. The molecule has 16 heavy (non-hydrogen) atoms. The molecule has 0 N–H and O–H groups in total. The number of hydrogen-bond acceptors (Lipinski definition) is 3. The molecule has 2 atom stereocenters. The van der Waals surface area contributed by atoms with Gasteiger partial charge in [0.1, 0.15) is 6.17 Å². The second-order valence-corrected chi connectivity index (χ2v) is 3.61. The molecule has 0 rings (SSSR count). The van der Waals surface area contributed by atoms with Crippen molar-refractivity contribution in [2.24, 2.45) is 0 Å². The van der Waals surface area contributed by atoms with Crippen LogP contribution in [-0.4, -0.2) is 18.0 Å². The molecule has 3 nitrogen and oxygen atoms in total. The van der Waals surface area contributed by atoms with Gasteiger partial charge in [-0.1, -0.05) is 6.92 Å². The van der Waals surface area contributed by atoms with Crippen molar-refractivity contribution < 1.29 is 55.8 Å². The molecule has 0 heterocycles. The van der Waals surface area contributed by atoms with Crippen LogP contribution in [0.1, 0.15) is 34.6 Å². The van der Waals surface area contributed by atoms with Crippen molar-refractivity contribution in [3.05, 3.63) is 12.2 Å². The van der Waals surface area contributed by atoms with Crippen LogP contribution in [-0.2, 0) is 42.2 Å². The van der Waals surface area contributed by atoms with E-state index in [1.165, 1.54) is 6.92 Å². The zero-order valence-corrected chi connectivity index (χ0v) is 13.0. The summed E-state index contributed by atoms with van der Waals surface area (Å²) in [6.45, 7) is 6.34. The van der Waals surface area contributed by atoms with E-state index in [2.05, 4.69) is 9.47 Å². The van der Waals surface area contributed by atoms with Crippen LogP contribution < -0.4 is 0 Å². The molecule has 0 aromatic rings. The molecular weight excluding hydrogens is 295 g/mol. The van der Waals surface area contributed by atoms with Gasteiger partial charge in [-0.05, 0) is 6.92 Å². The van der Waals surface area contributed by atoms with E-state index >= 15 is 0 Å². The fourth-order valence-electron chi connectivity index (χ4n) is 0.692. The summed E-state index contributed by atoms with van der Waals surface area (Å²) in [6, 6.07) is 0. The molecule has 0 saturated heterocycles. The normalized spacial score (nSPS) is 16.3. The molecule has 0 aliphatic carbocycles. The molecule has 0 aliphatic heterocycles. The molecule has 0 spiro atoms. The third-order valence-corrected chi connectivity index (χ3v) is 1.96. The van der Waals surface area contributed by atoms with Gasteiger partial charge in [0.15, 0.2) is 0 Å².